The van der Waals surface area contributed by atoms with E-state index in [1.807, 2.05) is 22.1 Å². The van der Waals surface area contributed by atoms with Gasteiger partial charge >= 0.3 is 5.97 Å². The molecule has 0 unspecified atom stereocenters. The number of aromatic nitrogens is 2. The first-order chi connectivity index (χ1) is 9.63. The van der Waals surface area contributed by atoms with Crippen molar-refractivity contribution in [1.82, 2.24) is 4.57 Å². The Labute approximate surface area is 116 Å². The van der Waals surface area contributed by atoms with E-state index in [0.717, 1.165) is 16.9 Å². The van der Waals surface area contributed by atoms with E-state index < -0.39 is 5.97 Å². The fraction of sp³-hybridized carbons (Fsp3) is 0.429. The Morgan fingerprint density at radius 2 is 2.10 bits per heavy atom. The molecule has 0 radical (unpaired) electrons. The third-order valence-corrected chi connectivity index (χ3v) is 3.41. The van der Waals surface area contributed by atoms with Crippen molar-refractivity contribution in [3.8, 4) is 0 Å². The zero-order valence-electron chi connectivity index (χ0n) is 11.7. The predicted octanol–water partition coefficient (Wildman–Crippen LogP) is 0.00842. The van der Waals surface area contributed by atoms with Crippen LogP contribution in [0.25, 0.3) is 11.0 Å². The summed E-state index contributed by atoms with van der Waals surface area (Å²) in [6, 6.07) is 5.28. The van der Waals surface area contributed by atoms with Crippen molar-refractivity contribution < 1.29 is 24.3 Å². The topological polar surface area (TPSA) is 75.6 Å². The number of fused-ring (bicyclic) bond motifs is 1. The van der Waals surface area contributed by atoms with Gasteiger partial charge in [0, 0.05) is 13.0 Å². The van der Waals surface area contributed by atoms with Crippen LogP contribution in [0.15, 0.2) is 18.2 Å². The summed E-state index contributed by atoms with van der Waals surface area (Å²) in [6.45, 7) is 2.86. The van der Waals surface area contributed by atoms with E-state index >= 15 is 0 Å². The summed E-state index contributed by atoms with van der Waals surface area (Å²) < 4.78 is 8.62. The highest BCUT2D eigenvalue weighted by molar-refractivity contribution is 5.93. The molecule has 0 bridgehead atoms. The lowest BCUT2D eigenvalue weighted by Crippen LogP contribution is -2.38. The maximum Gasteiger partial charge on any atom is 0.338 e. The molecule has 0 aliphatic rings. The molecule has 6 nitrogen and oxygen atoms in total. The summed E-state index contributed by atoms with van der Waals surface area (Å²) >= 11 is 0. The molecule has 1 aromatic heterocycles. The molecule has 0 spiro atoms. The number of methoxy groups -OCH3 is 1. The molecule has 2 aromatic rings. The van der Waals surface area contributed by atoms with Gasteiger partial charge in [-0.05, 0) is 12.1 Å². The molecule has 2 N–H and O–H groups in total. The molecule has 1 heterocycles. The lowest BCUT2D eigenvalue weighted by molar-refractivity contribution is -0.679. The number of hydrogen-bond donors (Lipinski definition) is 2. The molecule has 0 atom stereocenters. The first-order valence-electron chi connectivity index (χ1n) is 6.46. The average Bonchev–Trinajstić information content (AvgIpc) is 2.72. The molecule has 0 aliphatic carbocycles. The van der Waals surface area contributed by atoms with Crippen LogP contribution in [0, 0.1) is 6.92 Å². The first-order valence-corrected chi connectivity index (χ1v) is 6.46. The smallest absolute Gasteiger partial charge is 0.338 e. The lowest BCUT2D eigenvalue weighted by Gasteiger charge is -1.99. The van der Waals surface area contributed by atoms with E-state index in [2.05, 4.69) is 0 Å². The molecule has 6 heteroatoms. The Kier molecular flexibility index (Phi) is 4.36. The van der Waals surface area contributed by atoms with Crippen LogP contribution in [0.1, 0.15) is 16.2 Å². The summed E-state index contributed by atoms with van der Waals surface area (Å²) in [4.78, 5) is 11.6. The Hall–Kier alpha value is -1.92. The van der Waals surface area contributed by atoms with Crippen LogP contribution in [0.2, 0.25) is 0 Å². The Morgan fingerprint density at radius 3 is 2.70 bits per heavy atom. The van der Waals surface area contributed by atoms with E-state index in [1.54, 1.807) is 12.1 Å². The second kappa shape index (κ2) is 6.02. The molecule has 0 saturated heterocycles. The second-order valence-corrected chi connectivity index (χ2v) is 4.49. The number of imidazole rings is 1. The minimum absolute atomic E-state index is 0.00615. The van der Waals surface area contributed by atoms with Gasteiger partial charge in [-0.3, -0.25) is 0 Å². The van der Waals surface area contributed by atoms with Crippen LogP contribution in [-0.4, -0.2) is 41.1 Å². The number of carbonyl (C=O) groups excluding carboxylic acids is 1. The van der Waals surface area contributed by atoms with Gasteiger partial charge in [0.1, 0.15) is 13.1 Å². The normalized spacial score (nSPS) is 11.0. The Bertz CT molecular complexity index is 634. The number of nitrogens with zero attached hydrogens (tertiary/aromatic N) is 2. The summed E-state index contributed by atoms with van der Waals surface area (Å²) in [5.74, 6) is 0.528. The van der Waals surface area contributed by atoms with Crippen molar-refractivity contribution in [1.29, 1.82) is 0 Å². The van der Waals surface area contributed by atoms with Gasteiger partial charge in [0.25, 0.3) is 5.82 Å². The van der Waals surface area contributed by atoms with E-state index in [1.165, 1.54) is 7.11 Å². The maximum absolute atomic E-state index is 11.6. The van der Waals surface area contributed by atoms with Crippen LogP contribution >= 0.6 is 0 Å². The van der Waals surface area contributed by atoms with Gasteiger partial charge in [-0.1, -0.05) is 0 Å². The highest BCUT2D eigenvalue weighted by Crippen LogP contribution is 2.17. The summed E-state index contributed by atoms with van der Waals surface area (Å²) in [7, 11) is 1.34. The molecule has 108 valence electrons. The van der Waals surface area contributed by atoms with Crippen LogP contribution < -0.4 is 4.57 Å². The average molecular weight is 279 g/mol. The molecule has 20 heavy (non-hydrogen) atoms. The van der Waals surface area contributed by atoms with Crippen molar-refractivity contribution in [2.75, 3.05) is 20.3 Å². The van der Waals surface area contributed by atoms with Gasteiger partial charge in [-0.15, -0.1) is 0 Å². The third kappa shape index (κ3) is 2.39. The number of hydrogen-bond acceptors (Lipinski definition) is 4. The number of benzene rings is 1. The fourth-order valence-electron chi connectivity index (χ4n) is 2.47. The van der Waals surface area contributed by atoms with Gasteiger partial charge in [0.2, 0.25) is 0 Å². The van der Waals surface area contributed by atoms with E-state index in [0.29, 0.717) is 18.7 Å². The van der Waals surface area contributed by atoms with Gasteiger partial charge in [0.15, 0.2) is 11.0 Å². The van der Waals surface area contributed by atoms with Crippen molar-refractivity contribution in [2.45, 2.75) is 20.0 Å². The number of aliphatic hydroxyl groups is 2. The summed E-state index contributed by atoms with van der Waals surface area (Å²) in [5.41, 5.74) is 2.22. The molecule has 0 saturated carbocycles. The Balaban J connectivity index is 2.66. The van der Waals surface area contributed by atoms with Crippen molar-refractivity contribution >= 4 is 17.0 Å². The number of carbonyl (C=O) groups is 1. The fourth-order valence-corrected chi connectivity index (χ4v) is 2.47. The number of aliphatic hydroxyl groups excluding tert-OH is 2. The van der Waals surface area contributed by atoms with Gasteiger partial charge in [-0.2, -0.15) is 0 Å². The van der Waals surface area contributed by atoms with Crippen molar-refractivity contribution in [3.05, 3.63) is 29.6 Å². The van der Waals surface area contributed by atoms with Gasteiger partial charge in [-0.25, -0.2) is 13.9 Å². The highest BCUT2D eigenvalue weighted by Gasteiger charge is 2.22. The van der Waals surface area contributed by atoms with Crippen LogP contribution in [0.5, 0.6) is 0 Å². The molecular weight excluding hydrogens is 260 g/mol. The zero-order valence-corrected chi connectivity index (χ0v) is 11.7. The van der Waals surface area contributed by atoms with E-state index in [-0.39, 0.29) is 13.2 Å². The van der Waals surface area contributed by atoms with Gasteiger partial charge < -0.3 is 14.9 Å². The third-order valence-electron chi connectivity index (χ3n) is 3.41. The van der Waals surface area contributed by atoms with Crippen LogP contribution in [-0.2, 0) is 17.8 Å². The maximum atomic E-state index is 11.6. The van der Waals surface area contributed by atoms with E-state index in [4.69, 9.17) is 4.74 Å². The summed E-state index contributed by atoms with van der Waals surface area (Å²) in [5, 5.41) is 18.4. The molecule has 0 amide bonds. The number of ether oxygens (including phenoxy) is 1. The zero-order chi connectivity index (χ0) is 14.7. The van der Waals surface area contributed by atoms with Gasteiger partial charge in [0.05, 0.1) is 25.9 Å². The second-order valence-electron chi connectivity index (χ2n) is 4.49. The van der Waals surface area contributed by atoms with Crippen LogP contribution in [0.3, 0.4) is 0 Å². The predicted molar refractivity (Wildman–Crippen MR) is 72.4 cm³/mol. The molecule has 1 aromatic carbocycles. The molecule has 0 fully saturated rings. The molecule has 0 aliphatic heterocycles. The van der Waals surface area contributed by atoms with Crippen molar-refractivity contribution in [2.24, 2.45) is 0 Å². The largest absolute Gasteiger partial charge is 0.465 e. The van der Waals surface area contributed by atoms with E-state index in [9.17, 15) is 15.0 Å². The lowest BCUT2D eigenvalue weighted by atomic mass is 10.2. The number of esters is 1. The SMILES string of the molecule is COC(=O)c1ccc2c(c1)n(CCO)c(C)[n+]2CCO. The minimum atomic E-state index is -0.394. The minimum Gasteiger partial charge on any atom is -0.465 e. The first kappa shape index (κ1) is 14.5. The standard InChI is InChI=1S/C14H19N2O4/c1-10-15(5-7-17)12-4-3-11(14(19)20-2)9-13(12)16(10)6-8-18/h3-4,9,17-18H,5-8H2,1-2H3/q+1. The van der Waals surface area contributed by atoms with Crippen molar-refractivity contribution in [3.63, 3.8) is 0 Å². The monoisotopic (exact) mass is 279 g/mol. The summed E-state index contributed by atoms with van der Waals surface area (Å²) in [6.07, 6.45) is 0. The van der Waals surface area contributed by atoms with Crippen LogP contribution in [0.4, 0.5) is 0 Å². The molecular formula is C14H19N2O4+. The Morgan fingerprint density at radius 1 is 1.35 bits per heavy atom. The highest BCUT2D eigenvalue weighted by atomic mass is 16.5. The molecule has 2 rings (SSSR count). The quantitative estimate of drug-likeness (QED) is 0.597. The number of rotatable bonds is 5.